The Hall–Kier alpha value is -0.520. The summed E-state index contributed by atoms with van der Waals surface area (Å²) in [7, 11) is 0. The molecule has 0 N–H and O–H groups in total. The summed E-state index contributed by atoms with van der Waals surface area (Å²) >= 11 is 0. The van der Waals surface area contributed by atoms with Crippen LogP contribution in [0, 0.1) is 11.8 Å². The van der Waals surface area contributed by atoms with Crippen LogP contribution in [-0.4, -0.2) is 0 Å². The van der Waals surface area contributed by atoms with E-state index in [1.54, 1.807) is 0 Å². The SMILES string of the molecule is C=CC(C)C(=CC)C(C)C. The van der Waals surface area contributed by atoms with E-state index in [4.69, 9.17) is 0 Å². The highest BCUT2D eigenvalue weighted by Crippen LogP contribution is 2.19. The lowest BCUT2D eigenvalue weighted by atomic mass is 9.91. The Bertz CT molecular complexity index is 129. The summed E-state index contributed by atoms with van der Waals surface area (Å²) in [6.07, 6.45) is 4.19. The fourth-order valence-corrected chi connectivity index (χ4v) is 1.26. The predicted molar refractivity (Wildman–Crippen MR) is 48.0 cm³/mol. The summed E-state index contributed by atoms with van der Waals surface area (Å²) in [5, 5.41) is 0. The minimum Gasteiger partial charge on any atom is -0.102 e. The Balaban J connectivity index is 4.22. The first-order chi connectivity index (χ1) is 4.63. The van der Waals surface area contributed by atoms with Crippen molar-refractivity contribution in [3.8, 4) is 0 Å². The Morgan fingerprint density at radius 2 is 1.80 bits per heavy atom. The van der Waals surface area contributed by atoms with Gasteiger partial charge in [0.05, 0.1) is 0 Å². The summed E-state index contributed by atoms with van der Waals surface area (Å²) in [5.74, 6) is 1.18. The molecule has 0 saturated heterocycles. The lowest BCUT2D eigenvalue weighted by molar-refractivity contribution is 0.664. The molecular weight excluding hydrogens is 120 g/mol. The van der Waals surface area contributed by atoms with Gasteiger partial charge in [-0.3, -0.25) is 0 Å². The van der Waals surface area contributed by atoms with Gasteiger partial charge in [-0.2, -0.15) is 0 Å². The van der Waals surface area contributed by atoms with Crippen molar-refractivity contribution in [3.63, 3.8) is 0 Å². The van der Waals surface area contributed by atoms with Gasteiger partial charge in [0.15, 0.2) is 0 Å². The highest BCUT2D eigenvalue weighted by atomic mass is 14.1. The predicted octanol–water partition coefficient (Wildman–Crippen LogP) is 3.41. The second-order valence-electron chi connectivity index (χ2n) is 2.97. The molecule has 0 spiro atoms. The Morgan fingerprint density at radius 1 is 1.30 bits per heavy atom. The maximum atomic E-state index is 3.77. The van der Waals surface area contributed by atoms with Gasteiger partial charge in [0.1, 0.15) is 0 Å². The van der Waals surface area contributed by atoms with E-state index in [-0.39, 0.29) is 0 Å². The van der Waals surface area contributed by atoms with Crippen molar-refractivity contribution in [2.45, 2.75) is 27.7 Å². The van der Waals surface area contributed by atoms with Crippen LogP contribution in [0.4, 0.5) is 0 Å². The van der Waals surface area contributed by atoms with Crippen LogP contribution in [0.5, 0.6) is 0 Å². The van der Waals surface area contributed by atoms with E-state index in [1.165, 1.54) is 5.57 Å². The first kappa shape index (κ1) is 9.48. The van der Waals surface area contributed by atoms with E-state index in [0.717, 1.165) is 0 Å². The molecule has 0 aliphatic carbocycles. The molecule has 0 fully saturated rings. The fourth-order valence-electron chi connectivity index (χ4n) is 1.26. The first-order valence-corrected chi connectivity index (χ1v) is 3.92. The highest BCUT2D eigenvalue weighted by Gasteiger charge is 2.06. The topological polar surface area (TPSA) is 0 Å². The first-order valence-electron chi connectivity index (χ1n) is 3.92. The van der Waals surface area contributed by atoms with Gasteiger partial charge in [0, 0.05) is 0 Å². The van der Waals surface area contributed by atoms with E-state index < -0.39 is 0 Å². The lowest BCUT2D eigenvalue weighted by Gasteiger charge is -2.14. The van der Waals surface area contributed by atoms with Gasteiger partial charge in [0.25, 0.3) is 0 Å². The summed E-state index contributed by atoms with van der Waals surface area (Å²) in [4.78, 5) is 0. The van der Waals surface area contributed by atoms with Gasteiger partial charge in [-0.05, 0) is 18.8 Å². The van der Waals surface area contributed by atoms with Crippen LogP contribution in [0.3, 0.4) is 0 Å². The van der Waals surface area contributed by atoms with Crippen LogP contribution in [0.1, 0.15) is 27.7 Å². The molecule has 0 aromatic rings. The zero-order chi connectivity index (χ0) is 8.15. The molecule has 0 rings (SSSR count). The zero-order valence-corrected chi connectivity index (χ0v) is 7.52. The molecule has 1 atom stereocenters. The standard InChI is InChI=1S/C10H18/c1-6-9(5)10(7-2)8(3)4/h6-9H,1H2,2-5H3. The molecule has 0 radical (unpaired) electrons. The third-order valence-corrected chi connectivity index (χ3v) is 1.88. The molecule has 10 heavy (non-hydrogen) atoms. The summed E-state index contributed by atoms with van der Waals surface area (Å²) < 4.78 is 0. The smallest absolute Gasteiger partial charge is 0.00519 e. The molecule has 0 aliphatic heterocycles. The van der Waals surface area contributed by atoms with Crippen molar-refractivity contribution in [1.82, 2.24) is 0 Å². The monoisotopic (exact) mass is 138 g/mol. The quantitative estimate of drug-likeness (QED) is 0.524. The van der Waals surface area contributed by atoms with Crippen molar-refractivity contribution in [2.75, 3.05) is 0 Å². The van der Waals surface area contributed by atoms with Crippen LogP contribution in [0.25, 0.3) is 0 Å². The molecular formula is C10H18. The molecule has 1 unspecified atom stereocenters. The van der Waals surface area contributed by atoms with Crippen molar-refractivity contribution in [1.29, 1.82) is 0 Å². The van der Waals surface area contributed by atoms with Crippen molar-refractivity contribution in [3.05, 3.63) is 24.3 Å². The van der Waals surface area contributed by atoms with Gasteiger partial charge < -0.3 is 0 Å². The third kappa shape index (κ3) is 2.38. The van der Waals surface area contributed by atoms with Gasteiger partial charge >= 0.3 is 0 Å². The lowest BCUT2D eigenvalue weighted by Crippen LogP contribution is -2.02. The second kappa shape index (κ2) is 4.32. The Labute approximate surface area is 64.6 Å². The molecule has 0 heteroatoms. The molecule has 0 amide bonds. The number of hydrogen-bond acceptors (Lipinski definition) is 0. The van der Waals surface area contributed by atoms with Crippen LogP contribution in [0.2, 0.25) is 0 Å². The summed E-state index contributed by atoms with van der Waals surface area (Å²) in [6.45, 7) is 12.5. The molecule has 0 aromatic heterocycles. The molecule has 0 heterocycles. The number of allylic oxidation sites excluding steroid dienone is 3. The van der Waals surface area contributed by atoms with E-state index in [9.17, 15) is 0 Å². The van der Waals surface area contributed by atoms with E-state index in [1.807, 2.05) is 6.08 Å². The Morgan fingerprint density at radius 3 is 1.90 bits per heavy atom. The van der Waals surface area contributed by atoms with Crippen molar-refractivity contribution >= 4 is 0 Å². The number of hydrogen-bond donors (Lipinski definition) is 0. The van der Waals surface area contributed by atoms with E-state index in [2.05, 4.69) is 40.3 Å². The zero-order valence-electron chi connectivity index (χ0n) is 7.52. The molecule has 58 valence electrons. The maximum Gasteiger partial charge on any atom is -0.00519 e. The second-order valence-corrected chi connectivity index (χ2v) is 2.97. The van der Waals surface area contributed by atoms with Gasteiger partial charge in [-0.1, -0.05) is 38.5 Å². The van der Waals surface area contributed by atoms with Crippen LogP contribution in [-0.2, 0) is 0 Å². The normalized spacial score (nSPS) is 15.5. The van der Waals surface area contributed by atoms with Crippen LogP contribution < -0.4 is 0 Å². The summed E-state index contributed by atoms with van der Waals surface area (Å²) in [6, 6.07) is 0. The van der Waals surface area contributed by atoms with E-state index in [0.29, 0.717) is 11.8 Å². The molecule has 0 saturated carbocycles. The minimum atomic E-state index is 0.532. The largest absolute Gasteiger partial charge is 0.102 e. The van der Waals surface area contributed by atoms with Gasteiger partial charge in [0.2, 0.25) is 0 Å². The average Bonchev–Trinajstić information content (AvgIpc) is 1.88. The van der Waals surface area contributed by atoms with Crippen LogP contribution in [0.15, 0.2) is 24.3 Å². The number of rotatable bonds is 3. The van der Waals surface area contributed by atoms with Crippen LogP contribution >= 0.6 is 0 Å². The van der Waals surface area contributed by atoms with Gasteiger partial charge in [-0.15, -0.1) is 6.58 Å². The Kier molecular flexibility index (Phi) is 4.10. The maximum absolute atomic E-state index is 3.77. The van der Waals surface area contributed by atoms with Crippen molar-refractivity contribution in [2.24, 2.45) is 11.8 Å². The molecule has 0 aromatic carbocycles. The fraction of sp³-hybridized carbons (Fsp3) is 0.600. The highest BCUT2D eigenvalue weighted by molar-refractivity contribution is 5.11. The molecule has 0 aliphatic rings. The minimum absolute atomic E-state index is 0.532. The van der Waals surface area contributed by atoms with E-state index >= 15 is 0 Å². The average molecular weight is 138 g/mol. The summed E-state index contributed by atoms with van der Waals surface area (Å²) in [5.41, 5.74) is 1.48. The van der Waals surface area contributed by atoms with Gasteiger partial charge in [-0.25, -0.2) is 0 Å². The van der Waals surface area contributed by atoms with Crippen molar-refractivity contribution < 1.29 is 0 Å². The molecule has 0 bridgehead atoms. The third-order valence-electron chi connectivity index (χ3n) is 1.88. The molecule has 0 nitrogen and oxygen atoms in total.